The number of rotatable bonds is 2. The van der Waals surface area contributed by atoms with Gasteiger partial charge in [0.05, 0.1) is 13.0 Å². The summed E-state index contributed by atoms with van der Waals surface area (Å²) in [6.07, 6.45) is 0. The fourth-order valence-electron chi connectivity index (χ4n) is 1.61. The van der Waals surface area contributed by atoms with Crippen LogP contribution in [0.15, 0.2) is 16.6 Å². The normalized spacial score (nSPS) is 12.3. The molecular weight excluding hydrogens is 256 g/mol. The molecule has 82 valence electrons. The van der Waals surface area contributed by atoms with E-state index in [-0.39, 0.29) is 11.9 Å². The second-order valence-corrected chi connectivity index (χ2v) is 4.56. The van der Waals surface area contributed by atoms with Crippen LogP contribution in [0.4, 0.5) is 0 Å². The molecule has 0 radical (unpaired) electrons. The molecule has 2 nitrogen and oxygen atoms in total. The first kappa shape index (κ1) is 12.2. The Morgan fingerprint density at radius 2 is 1.93 bits per heavy atom. The Morgan fingerprint density at radius 1 is 1.33 bits per heavy atom. The standard InChI is InChI=1S/C12H15BrO2/c1-7-5-8(2)11(13)6-10(7)9(3)12(14)15-4/h5-6,9H,1-4H3. The van der Waals surface area contributed by atoms with Crippen molar-refractivity contribution in [2.24, 2.45) is 0 Å². The highest BCUT2D eigenvalue weighted by Gasteiger charge is 2.18. The van der Waals surface area contributed by atoms with Gasteiger partial charge < -0.3 is 4.74 Å². The summed E-state index contributed by atoms with van der Waals surface area (Å²) >= 11 is 3.47. The van der Waals surface area contributed by atoms with Gasteiger partial charge in [0, 0.05) is 4.47 Å². The lowest BCUT2D eigenvalue weighted by atomic mass is 9.95. The SMILES string of the molecule is COC(=O)C(C)c1cc(Br)c(C)cc1C. The van der Waals surface area contributed by atoms with E-state index in [0.29, 0.717) is 0 Å². The monoisotopic (exact) mass is 270 g/mol. The van der Waals surface area contributed by atoms with Gasteiger partial charge in [-0.25, -0.2) is 0 Å². The summed E-state index contributed by atoms with van der Waals surface area (Å²) in [5, 5.41) is 0. The van der Waals surface area contributed by atoms with Gasteiger partial charge in [0.2, 0.25) is 0 Å². The van der Waals surface area contributed by atoms with Gasteiger partial charge >= 0.3 is 5.97 Å². The fraction of sp³-hybridized carbons (Fsp3) is 0.417. The number of ether oxygens (including phenoxy) is 1. The molecule has 0 spiro atoms. The molecule has 0 aliphatic rings. The molecule has 15 heavy (non-hydrogen) atoms. The van der Waals surface area contributed by atoms with Crippen LogP contribution in [0.2, 0.25) is 0 Å². The van der Waals surface area contributed by atoms with Crippen LogP contribution in [0.1, 0.15) is 29.5 Å². The molecule has 0 saturated heterocycles. The molecule has 0 aliphatic heterocycles. The van der Waals surface area contributed by atoms with Crippen molar-refractivity contribution < 1.29 is 9.53 Å². The van der Waals surface area contributed by atoms with Crippen molar-refractivity contribution in [2.45, 2.75) is 26.7 Å². The number of hydrogen-bond acceptors (Lipinski definition) is 2. The lowest BCUT2D eigenvalue weighted by Crippen LogP contribution is -2.12. The highest BCUT2D eigenvalue weighted by Crippen LogP contribution is 2.27. The van der Waals surface area contributed by atoms with Gasteiger partial charge in [-0.3, -0.25) is 4.79 Å². The molecule has 1 aromatic rings. The van der Waals surface area contributed by atoms with Crippen LogP contribution >= 0.6 is 15.9 Å². The first-order valence-electron chi connectivity index (χ1n) is 4.81. The third kappa shape index (κ3) is 2.59. The summed E-state index contributed by atoms with van der Waals surface area (Å²) in [5.41, 5.74) is 3.31. The Bertz CT molecular complexity index is 385. The minimum Gasteiger partial charge on any atom is -0.469 e. The van der Waals surface area contributed by atoms with Gasteiger partial charge in [-0.2, -0.15) is 0 Å². The molecular formula is C12H15BrO2. The quantitative estimate of drug-likeness (QED) is 0.771. The summed E-state index contributed by atoms with van der Waals surface area (Å²) in [7, 11) is 1.41. The van der Waals surface area contributed by atoms with Gasteiger partial charge in [0.1, 0.15) is 0 Å². The van der Waals surface area contributed by atoms with E-state index in [1.807, 2.05) is 26.8 Å². The maximum atomic E-state index is 11.4. The smallest absolute Gasteiger partial charge is 0.312 e. The number of carbonyl (C=O) groups excluding carboxylic acids is 1. The molecule has 1 rings (SSSR count). The summed E-state index contributed by atoms with van der Waals surface area (Å²) < 4.78 is 5.76. The maximum Gasteiger partial charge on any atom is 0.312 e. The first-order chi connectivity index (χ1) is 6.97. The van der Waals surface area contributed by atoms with E-state index in [2.05, 4.69) is 22.0 Å². The molecule has 1 unspecified atom stereocenters. The zero-order chi connectivity index (χ0) is 11.6. The lowest BCUT2D eigenvalue weighted by molar-refractivity contribution is -0.142. The van der Waals surface area contributed by atoms with E-state index in [1.54, 1.807) is 0 Å². The molecule has 0 fully saturated rings. The molecule has 0 amide bonds. The first-order valence-corrected chi connectivity index (χ1v) is 5.61. The molecule has 0 saturated carbocycles. The van der Waals surface area contributed by atoms with Crippen molar-refractivity contribution in [3.63, 3.8) is 0 Å². The maximum absolute atomic E-state index is 11.4. The van der Waals surface area contributed by atoms with E-state index in [1.165, 1.54) is 12.7 Å². The molecule has 0 heterocycles. The van der Waals surface area contributed by atoms with Crippen LogP contribution in [0.25, 0.3) is 0 Å². The Balaban J connectivity index is 3.14. The highest BCUT2D eigenvalue weighted by molar-refractivity contribution is 9.10. The van der Waals surface area contributed by atoms with E-state index < -0.39 is 0 Å². The van der Waals surface area contributed by atoms with Crippen molar-refractivity contribution in [3.8, 4) is 0 Å². The number of methoxy groups -OCH3 is 1. The number of esters is 1. The van der Waals surface area contributed by atoms with Crippen LogP contribution in [0.3, 0.4) is 0 Å². The van der Waals surface area contributed by atoms with Gasteiger partial charge in [0.25, 0.3) is 0 Å². The average molecular weight is 271 g/mol. The third-order valence-corrected chi connectivity index (χ3v) is 3.42. The molecule has 1 aromatic carbocycles. The molecule has 0 bridgehead atoms. The fourth-order valence-corrected chi connectivity index (χ4v) is 1.97. The average Bonchev–Trinajstić information content (AvgIpc) is 2.21. The molecule has 0 aliphatic carbocycles. The van der Waals surface area contributed by atoms with Gasteiger partial charge in [-0.1, -0.05) is 22.0 Å². The zero-order valence-corrected chi connectivity index (χ0v) is 11.0. The molecule has 0 N–H and O–H groups in total. The second-order valence-electron chi connectivity index (χ2n) is 3.70. The van der Waals surface area contributed by atoms with Crippen molar-refractivity contribution in [1.29, 1.82) is 0 Å². The topological polar surface area (TPSA) is 26.3 Å². The summed E-state index contributed by atoms with van der Waals surface area (Å²) in [5.74, 6) is -0.416. The van der Waals surface area contributed by atoms with Gasteiger partial charge in [0.15, 0.2) is 0 Å². The minimum absolute atomic E-state index is 0.200. The number of benzene rings is 1. The van der Waals surface area contributed by atoms with Crippen LogP contribution in [0.5, 0.6) is 0 Å². The Labute approximate surface area is 98.8 Å². The van der Waals surface area contributed by atoms with Crippen LogP contribution in [0, 0.1) is 13.8 Å². The second kappa shape index (κ2) is 4.79. The summed E-state index contributed by atoms with van der Waals surface area (Å²) in [6, 6.07) is 4.06. The highest BCUT2D eigenvalue weighted by atomic mass is 79.9. The molecule has 0 aromatic heterocycles. The largest absolute Gasteiger partial charge is 0.469 e. The number of halogens is 1. The van der Waals surface area contributed by atoms with Gasteiger partial charge in [-0.15, -0.1) is 0 Å². The molecule has 3 heteroatoms. The number of carbonyl (C=O) groups is 1. The Kier molecular flexibility index (Phi) is 3.91. The van der Waals surface area contributed by atoms with Crippen molar-refractivity contribution in [2.75, 3.05) is 7.11 Å². The predicted molar refractivity (Wildman–Crippen MR) is 64.0 cm³/mol. The van der Waals surface area contributed by atoms with E-state index >= 15 is 0 Å². The van der Waals surface area contributed by atoms with Gasteiger partial charge in [-0.05, 0) is 43.5 Å². The third-order valence-electron chi connectivity index (χ3n) is 2.57. The minimum atomic E-state index is -0.216. The summed E-state index contributed by atoms with van der Waals surface area (Å²) in [6.45, 7) is 5.90. The predicted octanol–water partition coefficient (Wildman–Crippen LogP) is 3.34. The van der Waals surface area contributed by atoms with Crippen molar-refractivity contribution in [3.05, 3.63) is 33.3 Å². The van der Waals surface area contributed by atoms with Crippen LogP contribution in [-0.4, -0.2) is 13.1 Å². The number of aryl methyl sites for hydroxylation is 2. The van der Waals surface area contributed by atoms with E-state index in [9.17, 15) is 4.79 Å². The zero-order valence-electron chi connectivity index (χ0n) is 9.43. The van der Waals surface area contributed by atoms with Crippen LogP contribution < -0.4 is 0 Å². The van der Waals surface area contributed by atoms with Crippen LogP contribution in [-0.2, 0) is 9.53 Å². The number of hydrogen-bond donors (Lipinski definition) is 0. The van der Waals surface area contributed by atoms with E-state index in [0.717, 1.165) is 15.6 Å². The summed E-state index contributed by atoms with van der Waals surface area (Å²) in [4.78, 5) is 11.4. The lowest BCUT2D eigenvalue weighted by Gasteiger charge is -2.14. The van der Waals surface area contributed by atoms with E-state index in [4.69, 9.17) is 4.74 Å². The Morgan fingerprint density at radius 3 is 2.47 bits per heavy atom. The molecule has 1 atom stereocenters. The Hall–Kier alpha value is -0.830. The van der Waals surface area contributed by atoms with Crippen molar-refractivity contribution >= 4 is 21.9 Å². The van der Waals surface area contributed by atoms with Crippen molar-refractivity contribution in [1.82, 2.24) is 0 Å².